The third-order valence-corrected chi connectivity index (χ3v) is 5.72. The van der Waals surface area contributed by atoms with E-state index in [0.29, 0.717) is 23.0 Å². The number of rotatable bonds is 5. The van der Waals surface area contributed by atoms with Crippen molar-refractivity contribution in [2.45, 2.75) is 19.3 Å². The quantitative estimate of drug-likeness (QED) is 0.504. The molecule has 33 heavy (non-hydrogen) atoms. The number of nitrogens with one attached hydrogen (secondary N) is 1. The van der Waals surface area contributed by atoms with Gasteiger partial charge in [0.1, 0.15) is 17.3 Å². The fourth-order valence-corrected chi connectivity index (χ4v) is 4.20. The number of hydrogen-bond acceptors (Lipinski definition) is 7. The van der Waals surface area contributed by atoms with E-state index in [4.69, 9.17) is 9.47 Å². The summed E-state index contributed by atoms with van der Waals surface area (Å²) in [6, 6.07) is 15.3. The van der Waals surface area contributed by atoms with E-state index in [1.54, 1.807) is 25.1 Å². The van der Waals surface area contributed by atoms with Crippen molar-refractivity contribution in [3.63, 3.8) is 0 Å². The number of hydrogen-bond donors (Lipinski definition) is 1. The number of methoxy groups -OCH3 is 2. The van der Waals surface area contributed by atoms with Crippen LogP contribution < -0.4 is 14.8 Å². The number of nitrogens with zero attached hydrogens (tertiary/aromatic N) is 5. The van der Waals surface area contributed by atoms with Crippen LogP contribution in [-0.4, -0.2) is 45.1 Å². The molecule has 1 N–H and O–H groups in total. The zero-order valence-electron chi connectivity index (χ0n) is 18.4. The highest BCUT2D eigenvalue weighted by atomic mass is 16.5. The minimum Gasteiger partial charge on any atom is -0.497 e. The standard InChI is InChI=1S/C24H22N6O3/c1-14-22-18(17-11-16(32-2)9-10-20(17)33-3)12-21(31)27-23(22)30(29-14)24-26-19(13-25-28-24)15-7-5-4-6-8-15/h4-11,13,18H,12H2,1-3H3,(H,27,31)/t18-/m1/s1. The van der Waals surface area contributed by atoms with Crippen LogP contribution in [-0.2, 0) is 4.79 Å². The van der Waals surface area contributed by atoms with Crippen LogP contribution in [0.5, 0.6) is 11.5 Å². The molecule has 0 aliphatic carbocycles. The third kappa shape index (κ3) is 3.67. The molecule has 0 bridgehead atoms. The van der Waals surface area contributed by atoms with E-state index in [-0.39, 0.29) is 24.2 Å². The topological polar surface area (TPSA) is 104 Å². The van der Waals surface area contributed by atoms with Gasteiger partial charge in [0.25, 0.3) is 5.95 Å². The Morgan fingerprint density at radius 2 is 1.91 bits per heavy atom. The van der Waals surface area contributed by atoms with E-state index in [2.05, 4.69) is 25.6 Å². The van der Waals surface area contributed by atoms with E-state index < -0.39 is 0 Å². The van der Waals surface area contributed by atoms with Crippen molar-refractivity contribution < 1.29 is 14.3 Å². The average Bonchev–Trinajstić information content (AvgIpc) is 3.19. The summed E-state index contributed by atoms with van der Waals surface area (Å²) >= 11 is 0. The highest BCUT2D eigenvalue weighted by Gasteiger charge is 2.35. The minimum absolute atomic E-state index is 0.134. The first-order chi connectivity index (χ1) is 16.1. The predicted molar refractivity (Wildman–Crippen MR) is 122 cm³/mol. The zero-order valence-corrected chi connectivity index (χ0v) is 18.4. The lowest BCUT2D eigenvalue weighted by atomic mass is 9.85. The molecule has 1 atom stereocenters. The summed E-state index contributed by atoms with van der Waals surface area (Å²) in [7, 11) is 3.22. The third-order valence-electron chi connectivity index (χ3n) is 5.72. The van der Waals surface area contributed by atoms with Crippen molar-refractivity contribution in [3.05, 3.63) is 71.5 Å². The molecule has 1 aliphatic rings. The van der Waals surface area contributed by atoms with Crippen LogP contribution >= 0.6 is 0 Å². The Hall–Kier alpha value is -4.27. The lowest BCUT2D eigenvalue weighted by Crippen LogP contribution is -2.25. The van der Waals surface area contributed by atoms with Gasteiger partial charge in [0.05, 0.1) is 31.8 Å². The van der Waals surface area contributed by atoms with Crippen molar-refractivity contribution in [2.24, 2.45) is 0 Å². The van der Waals surface area contributed by atoms with E-state index >= 15 is 0 Å². The minimum atomic E-state index is -0.266. The maximum absolute atomic E-state index is 12.8. The Bertz CT molecular complexity index is 1340. The second-order valence-corrected chi connectivity index (χ2v) is 7.68. The number of fused-ring (bicyclic) bond motifs is 1. The Kier molecular flexibility index (Phi) is 5.21. The second-order valence-electron chi connectivity index (χ2n) is 7.68. The number of ether oxygens (including phenoxy) is 2. The van der Waals surface area contributed by atoms with E-state index in [1.165, 1.54) is 0 Å². The van der Waals surface area contributed by atoms with E-state index in [0.717, 1.165) is 22.4 Å². The lowest BCUT2D eigenvalue weighted by molar-refractivity contribution is -0.116. The molecule has 1 aliphatic heterocycles. The maximum Gasteiger partial charge on any atom is 0.272 e. The van der Waals surface area contributed by atoms with Crippen molar-refractivity contribution in [1.82, 2.24) is 25.0 Å². The van der Waals surface area contributed by atoms with Crippen LogP contribution in [0.15, 0.2) is 54.7 Å². The molecule has 0 radical (unpaired) electrons. The molecule has 2 aromatic heterocycles. The summed E-state index contributed by atoms with van der Waals surface area (Å²) < 4.78 is 12.6. The van der Waals surface area contributed by atoms with Gasteiger partial charge in [-0.25, -0.2) is 4.98 Å². The molecule has 4 aromatic rings. The van der Waals surface area contributed by atoms with Gasteiger partial charge in [-0.05, 0) is 25.1 Å². The molecule has 166 valence electrons. The van der Waals surface area contributed by atoms with Gasteiger partial charge >= 0.3 is 0 Å². The van der Waals surface area contributed by atoms with Crippen LogP contribution in [0.4, 0.5) is 5.82 Å². The fraction of sp³-hybridized carbons (Fsp3) is 0.208. The van der Waals surface area contributed by atoms with Crippen molar-refractivity contribution >= 4 is 11.7 Å². The van der Waals surface area contributed by atoms with Gasteiger partial charge in [0.2, 0.25) is 5.91 Å². The molecule has 2 aromatic carbocycles. The number of aromatic nitrogens is 5. The van der Waals surface area contributed by atoms with E-state index in [1.807, 2.05) is 55.5 Å². The summed E-state index contributed by atoms with van der Waals surface area (Å²) in [6.07, 6.45) is 1.86. The number of benzene rings is 2. The lowest BCUT2D eigenvalue weighted by Gasteiger charge is -2.25. The Morgan fingerprint density at radius 1 is 1.09 bits per heavy atom. The molecule has 0 unspecified atom stereocenters. The molecule has 9 nitrogen and oxygen atoms in total. The average molecular weight is 442 g/mol. The normalized spacial score (nSPS) is 15.0. The molecular formula is C24H22N6O3. The van der Waals surface area contributed by atoms with Crippen LogP contribution in [0, 0.1) is 6.92 Å². The van der Waals surface area contributed by atoms with Crippen molar-refractivity contribution in [1.29, 1.82) is 0 Å². The van der Waals surface area contributed by atoms with Gasteiger partial charge in [0.15, 0.2) is 0 Å². The van der Waals surface area contributed by atoms with Gasteiger partial charge in [-0.1, -0.05) is 30.3 Å². The molecule has 5 rings (SSSR count). The zero-order chi connectivity index (χ0) is 22.9. The molecular weight excluding hydrogens is 420 g/mol. The fourth-order valence-electron chi connectivity index (χ4n) is 4.20. The molecule has 0 saturated heterocycles. The van der Waals surface area contributed by atoms with Gasteiger partial charge in [0, 0.05) is 29.0 Å². The van der Waals surface area contributed by atoms with Crippen LogP contribution in [0.2, 0.25) is 0 Å². The first kappa shape index (κ1) is 20.6. The highest BCUT2D eigenvalue weighted by molar-refractivity contribution is 5.95. The van der Waals surface area contributed by atoms with Gasteiger partial charge < -0.3 is 14.8 Å². The first-order valence-corrected chi connectivity index (χ1v) is 10.5. The van der Waals surface area contributed by atoms with Gasteiger partial charge in [-0.3, -0.25) is 4.79 Å². The Morgan fingerprint density at radius 3 is 2.67 bits per heavy atom. The summed E-state index contributed by atoms with van der Waals surface area (Å²) in [6.45, 7) is 1.90. The summed E-state index contributed by atoms with van der Waals surface area (Å²) in [5, 5.41) is 15.9. The largest absolute Gasteiger partial charge is 0.497 e. The molecule has 0 saturated carbocycles. The summed E-state index contributed by atoms with van der Waals surface area (Å²) in [5.74, 6) is 1.78. The SMILES string of the molecule is COc1ccc(OC)c([C@H]2CC(=O)Nc3c2c(C)nn3-c2nncc(-c3ccccc3)n2)c1. The molecule has 3 heterocycles. The van der Waals surface area contributed by atoms with Gasteiger partial charge in [-0.15, -0.1) is 5.10 Å². The predicted octanol–water partition coefficient (Wildman–Crippen LogP) is 3.52. The van der Waals surface area contributed by atoms with E-state index in [9.17, 15) is 4.79 Å². The Balaban J connectivity index is 1.64. The molecule has 9 heteroatoms. The first-order valence-electron chi connectivity index (χ1n) is 10.5. The van der Waals surface area contributed by atoms with Crippen LogP contribution in [0.1, 0.15) is 29.2 Å². The van der Waals surface area contributed by atoms with Crippen molar-refractivity contribution in [2.75, 3.05) is 19.5 Å². The number of carbonyl (C=O) groups excluding carboxylic acids is 1. The van der Waals surface area contributed by atoms with Crippen LogP contribution in [0.3, 0.4) is 0 Å². The van der Waals surface area contributed by atoms with Gasteiger partial charge in [-0.2, -0.15) is 14.9 Å². The number of anilines is 1. The number of aryl methyl sites for hydroxylation is 1. The molecule has 1 amide bonds. The Labute approximate surface area is 190 Å². The number of carbonyl (C=O) groups is 1. The smallest absolute Gasteiger partial charge is 0.272 e. The second kappa shape index (κ2) is 8.34. The highest BCUT2D eigenvalue weighted by Crippen LogP contribution is 2.44. The monoisotopic (exact) mass is 442 g/mol. The summed E-state index contributed by atoms with van der Waals surface area (Å²) in [4.78, 5) is 17.4. The number of amides is 1. The molecule has 0 fully saturated rings. The van der Waals surface area contributed by atoms with Crippen molar-refractivity contribution in [3.8, 4) is 28.7 Å². The summed E-state index contributed by atoms with van der Waals surface area (Å²) in [5.41, 5.74) is 4.07. The maximum atomic E-state index is 12.8. The molecule has 0 spiro atoms. The van der Waals surface area contributed by atoms with Crippen LogP contribution in [0.25, 0.3) is 17.2 Å².